The second-order valence-corrected chi connectivity index (χ2v) is 8.96. The second kappa shape index (κ2) is 8.53. The van der Waals surface area contributed by atoms with Gasteiger partial charge in [-0.25, -0.2) is 4.98 Å². The van der Waals surface area contributed by atoms with Crippen molar-refractivity contribution in [3.8, 4) is 11.5 Å². The van der Waals surface area contributed by atoms with Gasteiger partial charge in [-0.05, 0) is 12.1 Å². The number of methoxy groups -OCH3 is 2. The molecule has 1 aliphatic heterocycles. The minimum Gasteiger partial charge on any atom is -0.495 e. The zero-order valence-electron chi connectivity index (χ0n) is 17.4. The van der Waals surface area contributed by atoms with Crippen molar-refractivity contribution >= 4 is 32.6 Å². The number of carbonyl (C=O) groups excluding carboxylic acids is 1. The maximum Gasteiger partial charge on any atom is 0.225 e. The SMILES string of the molecule is COc1ccc(OC)c2sc(N3CCN(CCNC(=O)C(C)(C)C)CC3)nc12. The molecule has 2 heterocycles. The Balaban J connectivity index is 1.58. The third-order valence-electron chi connectivity index (χ3n) is 4.94. The molecule has 1 saturated heterocycles. The molecule has 2 aromatic rings. The van der Waals surface area contributed by atoms with Gasteiger partial charge >= 0.3 is 0 Å². The molecule has 1 amide bonds. The molecular formula is C20H30N4O3S. The number of thiazole rings is 1. The lowest BCUT2D eigenvalue weighted by atomic mass is 9.96. The Labute approximate surface area is 170 Å². The van der Waals surface area contributed by atoms with E-state index in [-0.39, 0.29) is 11.3 Å². The lowest BCUT2D eigenvalue weighted by Gasteiger charge is -2.34. The summed E-state index contributed by atoms with van der Waals surface area (Å²) in [5, 5.41) is 4.02. The predicted octanol–water partition coefficient (Wildman–Crippen LogP) is 2.60. The van der Waals surface area contributed by atoms with Crippen LogP contribution in [0.2, 0.25) is 0 Å². The summed E-state index contributed by atoms with van der Waals surface area (Å²) in [6.45, 7) is 11.1. The first-order chi connectivity index (χ1) is 13.3. The van der Waals surface area contributed by atoms with Crippen LogP contribution in [0.25, 0.3) is 10.2 Å². The lowest BCUT2D eigenvalue weighted by Crippen LogP contribution is -2.49. The second-order valence-electron chi connectivity index (χ2n) is 7.98. The summed E-state index contributed by atoms with van der Waals surface area (Å²) < 4.78 is 12.0. The number of benzene rings is 1. The fraction of sp³-hybridized carbons (Fsp3) is 0.600. The molecule has 7 nitrogen and oxygen atoms in total. The van der Waals surface area contributed by atoms with Crippen LogP contribution >= 0.6 is 11.3 Å². The summed E-state index contributed by atoms with van der Waals surface area (Å²) in [6.07, 6.45) is 0. The van der Waals surface area contributed by atoms with Gasteiger partial charge in [-0.3, -0.25) is 9.69 Å². The maximum atomic E-state index is 12.0. The van der Waals surface area contributed by atoms with Gasteiger partial charge in [0.1, 0.15) is 21.7 Å². The van der Waals surface area contributed by atoms with Crippen molar-refractivity contribution in [3.05, 3.63) is 12.1 Å². The van der Waals surface area contributed by atoms with E-state index in [1.54, 1.807) is 25.6 Å². The van der Waals surface area contributed by atoms with Crippen LogP contribution in [0.5, 0.6) is 11.5 Å². The van der Waals surface area contributed by atoms with Crippen molar-refractivity contribution in [3.63, 3.8) is 0 Å². The number of hydrogen-bond acceptors (Lipinski definition) is 7. The number of carbonyl (C=O) groups is 1. The topological polar surface area (TPSA) is 66.9 Å². The molecular weight excluding hydrogens is 376 g/mol. The first-order valence-corrected chi connectivity index (χ1v) is 10.4. The Morgan fingerprint density at radius 2 is 1.79 bits per heavy atom. The number of piperazine rings is 1. The van der Waals surface area contributed by atoms with Crippen LogP contribution in [-0.2, 0) is 4.79 Å². The van der Waals surface area contributed by atoms with Crippen molar-refractivity contribution in [2.75, 3.05) is 58.4 Å². The maximum absolute atomic E-state index is 12.0. The highest BCUT2D eigenvalue weighted by Gasteiger charge is 2.23. The van der Waals surface area contributed by atoms with Crippen molar-refractivity contribution in [2.24, 2.45) is 5.41 Å². The first-order valence-electron chi connectivity index (χ1n) is 9.60. The fourth-order valence-corrected chi connectivity index (χ4v) is 4.29. The van der Waals surface area contributed by atoms with Crippen LogP contribution < -0.4 is 19.7 Å². The Bertz CT molecular complexity index is 782. The van der Waals surface area contributed by atoms with E-state index in [0.29, 0.717) is 6.54 Å². The number of rotatable bonds is 6. The van der Waals surface area contributed by atoms with Gasteiger partial charge in [0.15, 0.2) is 5.13 Å². The molecule has 1 aromatic heterocycles. The predicted molar refractivity (Wildman–Crippen MR) is 114 cm³/mol. The molecule has 0 saturated carbocycles. The van der Waals surface area contributed by atoms with Gasteiger partial charge in [-0.1, -0.05) is 32.1 Å². The molecule has 28 heavy (non-hydrogen) atoms. The molecule has 3 rings (SSSR count). The molecule has 154 valence electrons. The van der Waals surface area contributed by atoms with Crippen molar-refractivity contribution in [2.45, 2.75) is 20.8 Å². The van der Waals surface area contributed by atoms with E-state index >= 15 is 0 Å². The number of anilines is 1. The average Bonchev–Trinajstić information content (AvgIpc) is 3.12. The number of aromatic nitrogens is 1. The quantitative estimate of drug-likeness (QED) is 0.795. The van der Waals surface area contributed by atoms with Crippen molar-refractivity contribution in [1.29, 1.82) is 0 Å². The Morgan fingerprint density at radius 1 is 1.14 bits per heavy atom. The number of nitrogens with one attached hydrogen (secondary N) is 1. The van der Waals surface area contributed by atoms with Crippen LogP contribution in [-0.4, -0.2) is 69.3 Å². The molecule has 0 atom stereocenters. The van der Waals surface area contributed by atoms with Crippen LogP contribution in [0, 0.1) is 5.41 Å². The monoisotopic (exact) mass is 406 g/mol. The number of ether oxygens (including phenoxy) is 2. The van der Waals surface area contributed by atoms with E-state index in [0.717, 1.165) is 59.6 Å². The molecule has 8 heteroatoms. The molecule has 0 bridgehead atoms. The zero-order chi connectivity index (χ0) is 20.3. The Hall–Kier alpha value is -2.06. The van der Waals surface area contributed by atoms with Gasteiger partial charge in [0.2, 0.25) is 5.91 Å². The van der Waals surface area contributed by atoms with Gasteiger partial charge < -0.3 is 19.7 Å². The van der Waals surface area contributed by atoms with E-state index in [2.05, 4.69) is 15.1 Å². The summed E-state index contributed by atoms with van der Waals surface area (Å²) >= 11 is 1.64. The highest BCUT2D eigenvalue weighted by Crippen LogP contribution is 2.40. The molecule has 0 radical (unpaired) electrons. The Morgan fingerprint density at radius 3 is 2.39 bits per heavy atom. The summed E-state index contributed by atoms with van der Waals surface area (Å²) in [5.41, 5.74) is 0.516. The van der Waals surface area contributed by atoms with E-state index in [4.69, 9.17) is 14.5 Å². The van der Waals surface area contributed by atoms with E-state index in [1.807, 2.05) is 32.9 Å². The van der Waals surface area contributed by atoms with Crippen LogP contribution in [0.1, 0.15) is 20.8 Å². The van der Waals surface area contributed by atoms with Crippen LogP contribution in [0.15, 0.2) is 12.1 Å². The van der Waals surface area contributed by atoms with Gasteiger partial charge in [-0.2, -0.15) is 0 Å². The lowest BCUT2D eigenvalue weighted by molar-refractivity contribution is -0.128. The highest BCUT2D eigenvalue weighted by atomic mass is 32.1. The van der Waals surface area contributed by atoms with Crippen LogP contribution in [0.4, 0.5) is 5.13 Å². The largest absolute Gasteiger partial charge is 0.495 e. The van der Waals surface area contributed by atoms with Gasteiger partial charge in [0.05, 0.1) is 14.2 Å². The Kier molecular flexibility index (Phi) is 6.30. The van der Waals surface area contributed by atoms with Crippen molar-refractivity contribution < 1.29 is 14.3 Å². The third-order valence-corrected chi connectivity index (χ3v) is 6.07. The average molecular weight is 407 g/mol. The molecule has 0 unspecified atom stereocenters. The smallest absolute Gasteiger partial charge is 0.225 e. The fourth-order valence-electron chi connectivity index (χ4n) is 3.17. The van der Waals surface area contributed by atoms with Crippen molar-refractivity contribution in [1.82, 2.24) is 15.2 Å². The van der Waals surface area contributed by atoms with E-state index in [9.17, 15) is 4.79 Å². The molecule has 1 aromatic carbocycles. The van der Waals surface area contributed by atoms with E-state index in [1.165, 1.54) is 0 Å². The minimum atomic E-state index is -0.340. The molecule has 0 aliphatic carbocycles. The number of hydrogen-bond donors (Lipinski definition) is 1. The minimum absolute atomic E-state index is 0.100. The van der Waals surface area contributed by atoms with Gasteiger partial charge in [0.25, 0.3) is 0 Å². The standard InChI is InChI=1S/C20H30N4O3S/c1-20(2,3)18(25)21-8-9-23-10-12-24(13-11-23)19-22-16-14(26-4)6-7-15(27-5)17(16)28-19/h6-7H,8-13H2,1-5H3,(H,21,25). The number of amides is 1. The summed E-state index contributed by atoms with van der Waals surface area (Å²) in [7, 11) is 3.34. The third kappa shape index (κ3) is 4.50. The normalized spacial score (nSPS) is 15.7. The number of nitrogens with zero attached hydrogens (tertiary/aromatic N) is 3. The summed E-state index contributed by atoms with van der Waals surface area (Å²) in [4.78, 5) is 21.5. The molecule has 1 aliphatic rings. The van der Waals surface area contributed by atoms with Gasteiger partial charge in [0, 0.05) is 44.7 Å². The zero-order valence-corrected chi connectivity index (χ0v) is 18.2. The number of fused-ring (bicyclic) bond motifs is 1. The summed E-state index contributed by atoms with van der Waals surface area (Å²) in [6, 6.07) is 3.82. The molecule has 0 spiro atoms. The molecule has 1 fully saturated rings. The molecule has 1 N–H and O–H groups in total. The summed E-state index contributed by atoms with van der Waals surface area (Å²) in [5.74, 6) is 1.70. The highest BCUT2D eigenvalue weighted by molar-refractivity contribution is 7.22. The first kappa shape index (κ1) is 20.7. The van der Waals surface area contributed by atoms with Gasteiger partial charge in [-0.15, -0.1) is 0 Å². The van der Waals surface area contributed by atoms with Crippen LogP contribution in [0.3, 0.4) is 0 Å². The van der Waals surface area contributed by atoms with E-state index < -0.39 is 0 Å².